The molecule has 2 aromatic rings. The topological polar surface area (TPSA) is 72.5 Å². The van der Waals surface area contributed by atoms with Gasteiger partial charge in [0.1, 0.15) is 0 Å². The average molecular weight is 333 g/mol. The van der Waals surface area contributed by atoms with Gasteiger partial charge in [0.25, 0.3) is 0 Å². The normalized spacial score (nSPS) is 12.6. The minimum atomic E-state index is -3.69. The second-order valence-electron chi connectivity index (χ2n) is 5.18. The number of esters is 1. The van der Waals surface area contributed by atoms with E-state index in [2.05, 4.69) is 9.46 Å². The van der Waals surface area contributed by atoms with Crippen LogP contribution in [0.25, 0.3) is 0 Å². The highest BCUT2D eigenvalue weighted by molar-refractivity contribution is 7.89. The Morgan fingerprint density at radius 1 is 1.13 bits per heavy atom. The lowest BCUT2D eigenvalue weighted by molar-refractivity contribution is 0.0600. The minimum absolute atomic E-state index is 0.0368. The number of hydrogen-bond acceptors (Lipinski definition) is 4. The summed E-state index contributed by atoms with van der Waals surface area (Å²) in [7, 11) is -2.43. The summed E-state index contributed by atoms with van der Waals surface area (Å²) in [6, 6.07) is 15.4. The molecule has 2 rings (SSSR count). The van der Waals surface area contributed by atoms with Crippen molar-refractivity contribution >= 4 is 16.0 Å². The summed E-state index contributed by atoms with van der Waals surface area (Å²) in [6.45, 7) is 2.22. The first kappa shape index (κ1) is 17.2. The predicted molar refractivity (Wildman–Crippen MR) is 87.8 cm³/mol. The van der Waals surface area contributed by atoms with Crippen molar-refractivity contribution in [2.24, 2.45) is 0 Å². The monoisotopic (exact) mass is 333 g/mol. The van der Waals surface area contributed by atoms with Crippen molar-refractivity contribution in [3.8, 4) is 0 Å². The van der Waals surface area contributed by atoms with Gasteiger partial charge in [-0.1, -0.05) is 43.3 Å². The van der Waals surface area contributed by atoms with E-state index < -0.39 is 16.0 Å². The first-order valence-electron chi connectivity index (χ1n) is 7.17. The Kier molecular flexibility index (Phi) is 5.52. The summed E-state index contributed by atoms with van der Waals surface area (Å²) < 4.78 is 31.9. The van der Waals surface area contributed by atoms with E-state index in [9.17, 15) is 13.2 Å². The molecule has 0 aliphatic carbocycles. The highest BCUT2D eigenvalue weighted by atomic mass is 32.2. The van der Waals surface area contributed by atoms with Gasteiger partial charge in [-0.2, -0.15) is 0 Å². The molecule has 1 N–H and O–H groups in total. The zero-order valence-corrected chi connectivity index (χ0v) is 13.8. The van der Waals surface area contributed by atoms with Crippen molar-refractivity contribution in [1.82, 2.24) is 4.72 Å². The minimum Gasteiger partial charge on any atom is -0.465 e. The first-order chi connectivity index (χ1) is 10.9. The molecule has 0 heterocycles. The summed E-state index contributed by atoms with van der Waals surface area (Å²) in [4.78, 5) is 11.5. The SMILES string of the molecule is COC(=O)c1cccc(S(=O)(=O)NCC(C)c2ccccc2)c1. The summed E-state index contributed by atoms with van der Waals surface area (Å²) in [5.74, 6) is -0.533. The number of carbonyl (C=O) groups excluding carboxylic acids is 1. The molecule has 0 amide bonds. The molecule has 0 saturated carbocycles. The maximum atomic E-state index is 12.4. The van der Waals surface area contributed by atoms with Gasteiger partial charge < -0.3 is 4.74 Å². The van der Waals surface area contributed by atoms with E-state index in [0.717, 1.165) is 5.56 Å². The van der Waals surface area contributed by atoms with Crippen LogP contribution in [0.2, 0.25) is 0 Å². The largest absolute Gasteiger partial charge is 0.465 e. The van der Waals surface area contributed by atoms with E-state index in [4.69, 9.17) is 0 Å². The fraction of sp³-hybridized carbons (Fsp3) is 0.235. The maximum Gasteiger partial charge on any atom is 0.337 e. The van der Waals surface area contributed by atoms with Crippen LogP contribution in [0.1, 0.15) is 28.8 Å². The molecular weight excluding hydrogens is 314 g/mol. The molecule has 0 bridgehead atoms. The van der Waals surface area contributed by atoms with Gasteiger partial charge in [-0.05, 0) is 29.7 Å². The van der Waals surface area contributed by atoms with Crippen LogP contribution in [-0.2, 0) is 14.8 Å². The van der Waals surface area contributed by atoms with Gasteiger partial charge in [0.05, 0.1) is 17.6 Å². The number of ether oxygens (including phenoxy) is 1. The second-order valence-corrected chi connectivity index (χ2v) is 6.95. The Hall–Kier alpha value is -2.18. The molecule has 0 aliphatic heterocycles. The van der Waals surface area contributed by atoms with E-state index in [-0.39, 0.29) is 22.9 Å². The maximum absolute atomic E-state index is 12.4. The number of carbonyl (C=O) groups is 1. The number of methoxy groups -OCH3 is 1. The molecule has 0 fully saturated rings. The molecular formula is C17H19NO4S. The molecule has 0 saturated heterocycles. The lowest BCUT2D eigenvalue weighted by Gasteiger charge is -2.13. The summed E-state index contributed by atoms with van der Waals surface area (Å²) >= 11 is 0. The van der Waals surface area contributed by atoms with E-state index in [0.29, 0.717) is 0 Å². The lowest BCUT2D eigenvalue weighted by atomic mass is 10.0. The van der Waals surface area contributed by atoms with Crippen LogP contribution in [0.4, 0.5) is 0 Å². The van der Waals surface area contributed by atoms with Gasteiger partial charge >= 0.3 is 5.97 Å². The fourth-order valence-corrected chi connectivity index (χ4v) is 3.30. The van der Waals surface area contributed by atoms with E-state index in [1.807, 2.05) is 37.3 Å². The number of hydrogen-bond donors (Lipinski definition) is 1. The third kappa shape index (κ3) is 4.40. The van der Waals surface area contributed by atoms with E-state index >= 15 is 0 Å². The summed E-state index contributed by atoms with van der Waals surface area (Å²) in [5.41, 5.74) is 1.25. The van der Waals surface area contributed by atoms with Gasteiger partial charge in [-0.15, -0.1) is 0 Å². The molecule has 1 atom stereocenters. The molecule has 0 spiro atoms. The fourth-order valence-electron chi connectivity index (χ4n) is 2.13. The van der Waals surface area contributed by atoms with Crippen LogP contribution in [0.3, 0.4) is 0 Å². The number of benzene rings is 2. The molecule has 2 aromatic carbocycles. The molecule has 0 aromatic heterocycles. The molecule has 122 valence electrons. The number of sulfonamides is 1. The standard InChI is InChI=1S/C17H19NO4S/c1-13(14-7-4-3-5-8-14)12-18-23(20,21)16-10-6-9-15(11-16)17(19)22-2/h3-11,13,18H,12H2,1-2H3. The van der Waals surface area contributed by atoms with E-state index in [1.165, 1.54) is 31.4 Å². The Bertz CT molecular complexity index is 772. The number of nitrogens with one attached hydrogen (secondary N) is 1. The lowest BCUT2D eigenvalue weighted by Crippen LogP contribution is -2.28. The third-order valence-corrected chi connectivity index (χ3v) is 4.93. The number of rotatable bonds is 6. The average Bonchev–Trinajstić information content (AvgIpc) is 2.60. The second kappa shape index (κ2) is 7.39. The van der Waals surface area contributed by atoms with Crippen LogP contribution in [-0.4, -0.2) is 28.0 Å². The highest BCUT2D eigenvalue weighted by Gasteiger charge is 2.17. The molecule has 5 nitrogen and oxygen atoms in total. The van der Waals surface area contributed by atoms with Gasteiger partial charge in [-0.3, -0.25) is 0 Å². The zero-order chi connectivity index (χ0) is 16.9. The predicted octanol–water partition coefficient (Wildman–Crippen LogP) is 2.56. The Balaban J connectivity index is 2.12. The highest BCUT2D eigenvalue weighted by Crippen LogP contribution is 2.16. The molecule has 0 radical (unpaired) electrons. The molecule has 0 aliphatic rings. The van der Waals surface area contributed by atoms with Gasteiger partial charge in [0.15, 0.2) is 0 Å². The van der Waals surface area contributed by atoms with Crippen LogP contribution < -0.4 is 4.72 Å². The Morgan fingerprint density at radius 2 is 1.83 bits per heavy atom. The summed E-state index contributed by atoms with van der Waals surface area (Å²) in [5, 5.41) is 0. The zero-order valence-electron chi connectivity index (χ0n) is 13.0. The van der Waals surface area contributed by atoms with Gasteiger partial charge in [0.2, 0.25) is 10.0 Å². The van der Waals surface area contributed by atoms with Crippen molar-refractivity contribution < 1.29 is 17.9 Å². The van der Waals surface area contributed by atoms with Crippen molar-refractivity contribution in [3.05, 3.63) is 65.7 Å². The Labute approximate surface area is 136 Å². The van der Waals surface area contributed by atoms with Gasteiger partial charge in [0, 0.05) is 6.54 Å². The van der Waals surface area contributed by atoms with Crippen LogP contribution in [0, 0.1) is 0 Å². The first-order valence-corrected chi connectivity index (χ1v) is 8.65. The van der Waals surface area contributed by atoms with Crippen molar-refractivity contribution in [2.75, 3.05) is 13.7 Å². The molecule has 6 heteroatoms. The van der Waals surface area contributed by atoms with E-state index in [1.54, 1.807) is 0 Å². The molecule has 1 unspecified atom stereocenters. The van der Waals surface area contributed by atoms with Gasteiger partial charge in [-0.25, -0.2) is 17.9 Å². The summed E-state index contributed by atoms with van der Waals surface area (Å²) in [6.07, 6.45) is 0. The smallest absolute Gasteiger partial charge is 0.337 e. The quantitative estimate of drug-likeness (QED) is 0.825. The molecule has 23 heavy (non-hydrogen) atoms. The third-order valence-electron chi connectivity index (χ3n) is 3.51. The van der Waals surface area contributed by atoms with Crippen molar-refractivity contribution in [1.29, 1.82) is 0 Å². The van der Waals surface area contributed by atoms with Crippen molar-refractivity contribution in [3.63, 3.8) is 0 Å². The van der Waals surface area contributed by atoms with Crippen LogP contribution in [0.15, 0.2) is 59.5 Å². The van der Waals surface area contributed by atoms with Crippen LogP contribution >= 0.6 is 0 Å². The van der Waals surface area contributed by atoms with Crippen LogP contribution in [0.5, 0.6) is 0 Å². The van der Waals surface area contributed by atoms with Crippen molar-refractivity contribution in [2.45, 2.75) is 17.7 Å². The Morgan fingerprint density at radius 3 is 2.48 bits per heavy atom.